The largest absolute Gasteiger partial charge is 0.326 e. The van der Waals surface area contributed by atoms with Crippen LogP contribution in [-0.2, 0) is 14.4 Å². The molecule has 1 aromatic carbocycles. The van der Waals surface area contributed by atoms with E-state index >= 15 is 0 Å². The Hall–Kier alpha value is -2.37. The second-order valence-electron chi connectivity index (χ2n) is 5.45. The summed E-state index contributed by atoms with van der Waals surface area (Å²) in [6.45, 7) is 4.18. The Bertz CT molecular complexity index is 566. The molecule has 0 radical (unpaired) electrons. The summed E-state index contributed by atoms with van der Waals surface area (Å²) in [5, 5.41) is 3.81. The molecule has 1 atom stereocenters. The lowest BCUT2D eigenvalue weighted by Crippen LogP contribution is -2.31. The number of carbonyl (C=O) groups excluding carboxylic acids is 3. The Labute approximate surface area is 123 Å². The van der Waals surface area contributed by atoms with Crippen LogP contribution in [0.1, 0.15) is 31.7 Å². The minimum atomic E-state index is -0.940. The van der Waals surface area contributed by atoms with E-state index in [9.17, 15) is 14.4 Å². The summed E-state index contributed by atoms with van der Waals surface area (Å²) >= 11 is 0. The zero-order chi connectivity index (χ0) is 15.6. The Morgan fingerprint density at radius 2 is 1.90 bits per heavy atom. The van der Waals surface area contributed by atoms with Crippen molar-refractivity contribution in [3.63, 3.8) is 0 Å². The SMILES string of the molecule is CC(C)c1ccc(NC(=O)CC2C(=O)NN(C)C2=O)cc1. The molecule has 3 amide bonds. The summed E-state index contributed by atoms with van der Waals surface area (Å²) in [5.41, 5.74) is 4.21. The van der Waals surface area contributed by atoms with Crippen molar-refractivity contribution in [2.24, 2.45) is 5.92 Å². The van der Waals surface area contributed by atoms with Gasteiger partial charge in [-0.05, 0) is 23.6 Å². The normalized spacial score (nSPS) is 18.1. The number of amides is 3. The van der Waals surface area contributed by atoms with Gasteiger partial charge < -0.3 is 5.32 Å². The predicted molar refractivity (Wildman–Crippen MR) is 78.2 cm³/mol. The first-order valence-corrected chi connectivity index (χ1v) is 6.86. The molecular weight excluding hydrogens is 270 g/mol. The molecule has 21 heavy (non-hydrogen) atoms. The Kier molecular flexibility index (Phi) is 4.26. The molecule has 1 aromatic rings. The van der Waals surface area contributed by atoms with Crippen molar-refractivity contribution in [3.05, 3.63) is 29.8 Å². The average Bonchev–Trinajstić information content (AvgIpc) is 2.66. The third-order valence-electron chi connectivity index (χ3n) is 3.47. The molecule has 2 rings (SSSR count). The highest BCUT2D eigenvalue weighted by Crippen LogP contribution is 2.18. The topological polar surface area (TPSA) is 78.5 Å². The number of hydrogen-bond acceptors (Lipinski definition) is 3. The van der Waals surface area contributed by atoms with Gasteiger partial charge in [-0.3, -0.25) is 24.8 Å². The summed E-state index contributed by atoms with van der Waals surface area (Å²) in [7, 11) is 1.46. The minimum absolute atomic E-state index is 0.152. The maximum atomic E-state index is 11.9. The van der Waals surface area contributed by atoms with E-state index in [0.29, 0.717) is 11.6 Å². The number of carbonyl (C=O) groups is 3. The van der Waals surface area contributed by atoms with Crippen LogP contribution in [0.4, 0.5) is 5.69 Å². The van der Waals surface area contributed by atoms with Gasteiger partial charge in [0.15, 0.2) is 0 Å². The minimum Gasteiger partial charge on any atom is -0.326 e. The molecule has 112 valence electrons. The lowest BCUT2D eigenvalue weighted by molar-refractivity contribution is -0.134. The van der Waals surface area contributed by atoms with Gasteiger partial charge in [-0.1, -0.05) is 26.0 Å². The van der Waals surface area contributed by atoms with Crippen molar-refractivity contribution in [1.29, 1.82) is 0 Å². The van der Waals surface area contributed by atoms with Crippen molar-refractivity contribution in [2.75, 3.05) is 12.4 Å². The first-order chi connectivity index (χ1) is 9.88. The van der Waals surface area contributed by atoms with Gasteiger partial charge >= 0.3 is 0 Å². The van der Waals surface area contributed by atoms with Crippen molar-refractivity contribution >= 4 is 23.4 Å². The summed E-state index contributed by atoms with van der Waals surface area (Å²) in [6, 6.07) is 7.52. The smallest absolute Gasteiger partial charge is 0.253 e. The van der Waals surface area contributed by atoms with Gasteiger partial charge in [0.25, 0.3) is 11.8 Å². The molecule has 0 aliphatic carbocycles. The van der Waals surface area contributed by atoms with Crippen molar-refractivity contribution in [1.82, 2.24) is 10.4 Å². The lowest BCUT2D eigenvalue weighted by Gasteiger charge is -2.09. The summed E-state index contributed by atoms with van der Waals surface area (Å²) in [5.74, 6) is -1.69. The van der Waals surface area contributed by atoms with E-state index in [4.69, 9.17) is 0 Å². The summed E-state index contributed by atoms with van der Waals surface area (Å²) in [6.07, 6.45) is -0.152. The van der Waals surface area contributed by atoms with Gasteiger partial charge in [0.2, 0.25) is 5.91 Å². The standard InChI is InChI=1S/C15H19N3O3/c1-9(2)10-4-6-11(7-5-10)16-13(19)8-12-14(20)17-18(3)15(12)21/h4-7,9,12H,8H2,1-3H3,(H,16,19)(H,17,20). The number of anilines is 1. The molecule has 1 saturated heterocycles. The van der Waals surface area contributed by atoms with E-state index in [0.717, 1.165) is 5.01 Å². The number of hydrogen-bond donors (Lipinski definition) is 2. The number of rotatable bonds is 4. The molecule has 1 aliphatic rings. The van der Waals surface area contributed by atoms with Gasteiger partial charge in [0, 0.05) is 19.2 Å². The molecule has 1 unspecified atom stereocenters. The highest BCUT2D eigenvalue weighted by atomic mass is 16.2. The van der Waals surface area contributed by atoms with E-state index in [1.165, 1.54) is 12.6 Å². The quantitative estimate of drug-likeness (QED) is 0.819. The molecule has 1 heterocycles. The van der Waals surface area contributed by atoms with Crippen LogP contribution in [0.25, 0.3) is 0 Å². The molecule has 0 aromatic heterocycles. The zero-order valence-corrected chi connectivity index (χ0v) is 12.3. The average molecular weight is 289 g/mol. The summed E-state index contributed by atoms with van der Waals surface area (Å²) < 4.78 is 0. The van der Waals surface area contributed by atoms with Gasteiger partial charge in [0.1, 0.15) is 5.92 Å². The fraction of sp³-hybridized carbons (Fsp3) is 0.400. The maximum absolute atomic E-state index is 11.9. The van der Waals surface area contributed by atoms with Gasteiger partial charge in [0.05, 0.1) is 0 Å². The fourth-order valence-electron chi connectivity index (χ4n) is 2.17. The molecule has 6 heteroatoms. The number of nitrogens with zero attached hydrogens (tertiary/aromatic N) is 1. The van der Waals surface area contributed by atoms with Crippen LogP contribution >= 0.6 is 0 Å². The van der Waals surface area contributed by atoms with Crippen LogP contribution in [0.15, 0.2) is 24.3 Å². The number of hydrazine groups is 1. The zero-order valence-electron chi connectivity index (χ0n) is 12.3. The molecular formula is C15H19N3O3. The summed E-state index contributed by atoms with van der Waals surface area (Å²) in [4.78, 5) is 35.2. The maximum Gasteiger partial charge on any atom is 0.253 e. The van der Waals surface area contributed by atoms with Crippen molar-refractivity contribution < 1.29 is 14.4 Å². The number of benzene rings is 1. The van der Waals surface area contributed by atoms with Crippen LogP contribution in [0.3, 0.4) is 0 Å². The van der Waals surface area contributed by atoms with Gasteiger partial charge in [-0.25, -0.2) is 0 Å². The third-order valence-corrected chi connectivity index (χ3v) is 3.47. The van der Waals surface area contributed by atoms with Crippen LogP contribution < -0.4 is 10.7 Å². The highest BCUT2D eigenvalue weighted by Gasteiger charge is 2.38. The molecule has 1 aliphatic heterocycles. The molecule has 0 saturated carbocycles. The van der Waals surface area contributed by atoms with Crippen LogP contribution in [0.5, 0.6) is 0 Å². The first kappa shape index (κ1) is 15.0. The van der Waals surface area contributed by atoms with Crippen LogP contribution in [-0.4, -0.2) is 29.8 Å². The van der Waals surface area contributed by atoms with Crippen molar-refractivity contribution in [2.45, 2.75) is 26.2 Å². The van der Waals surface area contributed by atoms with Gasteiger partial charge in [-0.15, -0.1) is 0 Å². The first-order valence-electron chi connectivity index (χ1n) is 6.86. The Balaban J connectivity index is 1.96. The molecule has 6 nitrogen and oxygen atoms in total. The fourth-order valence-corrected chi connectivity index (χ4v) is 2.17. The van der Waals surface area contributed by atoms with Crippen molar-refractivity contribution in [3.8, 4) is 0 Å². The van der Waals surface area contributed by atoms with Crippen LogP contribution in [0, 0.1) is 5.92 Å². The highest BCUT2D eigenvalue weighted by molar-refractivity contribution is 6.08. The molecule has 0 bridgehead atoms. The monoisotopic (exact) mass is 289 g/mol. The number of nitrogens with one attached hydrogen (secondary N) is 2. The van der Waals surface area contributed by atoms with E-state index in [2.05, 4.69) is 24.6 Å². The van der Waals surface area contributed by atoms with E-state index in [1.807, 2.05) is 24.3 Å². The van der Waals surface area contributed by atoms with E-state index < -0.39 is 11.8 Å². The Morgan fingerprint density at radius 1 is 1.29 bits per heavy atom. The predicted octanol–water partition coefficient (Wildman–Crippen LogP) is 1.26. The second kappa shape index (κ2) is 5.95. The van der Waals surface area contributed by atoms with Crippen LogP contribution in [0.2, 0.25) is 0 Å². The van der Waals surface area contributed by atoms with E-state index in [-0.39, 0.29) is 18.2 Å². The molecule has 1 fully saturated rings. The lowest BCUT2D eigenvalue weighted by atomic mass is 10.0. The second-order valence-corrected chi connectivity index (χ2v) is 5.45. The molecule has 2 N–H and O–H groups in total. The Morgan fingerprint density at radius 3 is 2.38 bits per heavy atom. The van der Waals surface area contributed by atoms with E-state index in [1.54, 1.807) is 0 Å². The van der Waals surface area contributed by atoms with Gasteiger partial charge in [-0.2, -0.15) is 0 Å². The third kappa shape index (κ3) is 3.39. The molecule has 0 spiro atoms.